The van der Waals surface area contributed by atoms with Crippen LogP contribution in [0, 0.1) is 11.8 Å². The number of carbonyl (C=O) groups is 1. The molecule has 1 heterocycles. The van der Waals surface area contributed by atoms with Gasteiger partial charge in [0.25, 0.3) is 0 Å². The van der Waals surface area contributed by atoms with Gasteiger partial charge in [-0.25, -0.2) is 0 Å². The van der Waals surface area contributed by atoms with E-state index in [-0.39, 0.29) is 11.4 Å². The zero-order valence-electron chi connectivity index (χ0n) is 15.5. The summed E-state index contributed by atoms with van der Waals surface area (Å²) in [6.07, 6.45) is 11.5. The molecule has 0 aromatic rings. The number of hydrogen-bond acceptors (Lipinski definition) is 4. The van der Waals surface area contributed by atoms with E-state index in [1.54, 1.807) is 0 Å². The molecule has 2 atom stereocenters. The lowest BCUT2D eigenvalue weighted by atomic mass is 9.67. The summed E-state index contributed by atoms with van der Waals surface area (Å²) in [5.74, 6) is 1.49. The van der Waals surface area contributed by atoms with Gasteiger partial charge in [-0.1, -0.05) is 19.3 Å². The number of morpholine rings is 1. The highest BCUT2D eigenvalue weighted by molar-refractivity contribution is 5.77. The summed E-state index contributed by atoms with van der Waals surface area (Å²) in [6.45, 7) is 3.59. The van der Waals surface area contributed by atoms with Crippen molar-refractivity contribution in [2.75, 3.05) is 26.3 Å². The lowest BCUT2D eigenvalue weighted by molar-refractivity contribution is -0.127. The molecule has 3 N–H and O–H groups in total. The fraction of sp³-hybridized carbons (Fsp3) is 0.950. The van der Waals surface area contributed by atoms with Crippen LogP contribution in [0.15, 0.2) is 0 Å². The highest BCUT2D eigenvalue weighted by atomic mass is 16.5. The monoisotopic (exact) mass is 349 g/mol. The molecule has 4 fully saturated rings. The van der Waals surface area contributed by atoms with E-state index in [0.717, 1.165) is 39.1 Å². The van der Waals surface area contributed by atoms with Crippen molar-refractivity contribution in [3.63, 3.8) is 0 Å². The summed E-state index contributed by atoms with van der Waals surface area (Å²) >= 11 is 0. The first-order chi connectivity index (χ1) is 12.2. The molecule has 2 unspecified atom stereocenters. The van der Waals surface area contributed by atoms with Crippen LogP contribution in [0.3, 0.4) is 0 Å². The number of rotatable bonds is 4. The molecular formula is C20H35N3O2. The van der Waals surface area contributed by atoms with E-state index in [4.69, 9.17) is 10.5 Å². The molecule has 5 nitrogen and oxygen atoms in total. The maximum Gasteiger partial charge on any atom is 0.222 e. The van der Waals surface area contributed by atoms with E-state index >= 15 is 0 Å². The second-order valence-electron chi connectivity index (χ2n) is 8.98. The summed E-state index contributed by atoms with van der Waals surface area (Å²) in [7, 11) is 0. The summed E-state index contributed by atoms with van der Waals surface area (Å²) in [6, 6.07) is 0.724. The molecule has 1 aliphatic heterocycles. The zero-order valence-corrected chi connectivity index (χ0v) is 15.5. The van der Waals surface area contributed by atoms with Gasteiger partial charge in [-0.2, -0.15) is 0 Å². The van der Waals surface area contributed by atoms with Crippen LogP contribution < -0.4 is 11.1 Å². The number of nitrogens with one attached hydrogen (secondary N) is 1. The average molecular weight is 350 g/mol. The normalized spacial score (nSPS) is 38.4. The maximum absolute atomic E-state index is 13.0. The number of ether oxygens (including phenoxy) is 1. The smallest absolute Gasteiger partial charge is 0.222 e. The minimum atomic E-state index is 0.0913. The van der Waals surface area contributed by atoms with Crippen LogP contribution in [0.1, 0.15) is 64.2 Å². The fourth-order valence-electron chi connectivity index (χ4n) is 6.24. The number of nitrogens with zero attached hydrogens (tertiary/aromatic N) is 1. The summed E-state index contributed by atoms with van der Waals surface area (Å²) in [5.41, 5.74) is 6.33. The minimum absolute atomic E-state index is 0.0913. The third-order valence-corrected chi connectivity index (χ3v) is 7.41. The Bertz CT molecular complexity index is 458. The van der Waals surface area contributed by atoms with Gasteiger partial charge >= 0.3 is 0 Å². The number of fused-ring (bicyclic) bond motifs is 2. The molecule has 0 aromatic heterocycles. The molecule has 142 valence electrons. The molecule has 4 aliphatic rings. The highest BCUT2D eigenvalue weighted by Crippen LogP contribution is 2.41. The zero-order chi connectivity index (χ0) is 17.3. The average Bonchev–Trinajstić information content (AvgIpc) is 3.06. The van der Waals surface area contributed by atoms with Crippen LogP contribution in [-0.4, -0.2) is 54.7 Å². The molecule has 5 heteroatoms. The predicted molar refractivity (Wildman–Crippen MR) is 98.2 cm³/mol. The van der Waals surface area contributed by atoms with Crippen LogP contribution in [0.5, 0.6) is 0 Å². The predicted octanol–water partition coefficient (Wildman–Crippen LogP) is 2.04. The second kappa shape index (κ2) is 7.53. The van der Waals surface area contributed by atoms with Crippen molar-refractivity contribution in [3.05, 3.63) is 0 Å². The highest BCUT2D eigenvalue weighted by Gasteiger charge is 2.44. The van der Waals surface area contributed by atoms with Gasteiger partial charge in [-0.15, -0.1) is 0 Å². The Morgan fingerprint density at radius 1 is 1.08 bits per heavy atom. The van der Waals surface area contributed by atoms with Crippen molar-refractivity contribution in [3.8, 4) is 0 Å². The molecule has 3 saturated carbocycles. The van der Waals surface area contributed by atoms with Crippen molar-refractivity contribution in [1.82, 2.24) is 10.2 Å². The van der Waals surface area contributed by atoms with E-state index in [9.17, 15) is 4.79 Å². The van der Waals surface area contributed by atoms with Crippen molar-refractivity contribution >= 4 is 5.91 Å². The third-order valence-electron chi connectivity index (χ3n) is 7.41. The summed E-state index contributed by atoms with van der Waals surface area (Å²) < 4.78 is 5.54. The van der Waals surface area contributed by atoms with Crippen molar-refractivity contribution in [2.45, 2.75) is 81.8 Å². The number of nitrogens with two attached hydrogens (primary N) is 1. The molecule has 1 saturated heterocycles. The van der Waals surface area contributed by atoms with Gasteiger partial charge in [0, 0.05) is 37.1 Å². The number of carbonyl (C=O) groups excluding carboxylic acids is 1. The minimum Gasteiger partial charge on any atom is -0.379 e. The first-order valence-corrected chi connectivity index (χ1v) is 10.5. The van der Waals surface area contributed by atoms with Crippen LogP contribution in [0.4, 0.5) is 0 Å². The second-order valence-corrected chi connectivity index (χ2v) is 8.98. The SMILES string of the molecule is NC1CC2CCCC(C1)C2NC(=O)CC1(N2CCOCC2)CCCC1. The van der Waals surface area contributed by atoms with Crippen molar-refractivity contribution in [1.29, 1.82) is 0 Å². The van der Waals surface area contributed by atoms with Gasteiger partial charge in [0.2, 0.25) is 5.91 Å². The Morgan fingerprint density at radius 2 is 1.72 bits per heavy atom. The Morgan fingerprint density at radius 3 is 2.36 bits per heavy atom. The molecule has 0 aromatic carbocycles. The Kier molecular flexibility index (Phi) is 5.35. The van der Waals surface area contributed by atoms with Gasteiger partial charge in [-0.3, -0.25) is 9.69 Å². The molecule has 0 radical (unpaired) electrons. The van der Waals surface area contributed by atoms with Crippen molar-refractivity contribution in [2.24, 2.45) is 17.6 Å². The third kappa shape index (κ3) is 3.74. The van der Waals surface area contributed by atoms with Gasteiger partial charge in [0.15, 0.2) is 0 Å². The van der Waals surface area contributed by atoms with Gasteiger partial charge in [0.1, 0.15) is 0 Å². The molecule has 0 spiro atoms. The summed E-state index contributed by atoms with van der Waals surface area (Å²) in [5, 5.41) is 3.48. The fourth-order valence-corrected chi connectivity index (χ4v) is 6.24. The van der Waals surface area contributed by atoms with E-state index in [1.807, 2.05) is 0 Å². The molecule has 2 bridgehead atoms. The van der Waals surface area contributed by atoms with E-state index in [2.05, 4.69) is 10.2 Å². The molecule has 3 aliphatic carbocycles. The lowest BCUT2D eigenvalue weighted by Crippen LogP contribution is -2.57. The molecule has 25 heavy (non-hydrogen) atoms. The molecule has 1 amide bonds. The van der Waals surface area contributed by atoms with Crippen LogP contribution in [0.25, 0.3) is 0 Å². The van der Waals surface area contributed by atoms with E-state index in [0.29, 0.717) is 30.3 Å². The van der Waals surface area contributed by atoms with Gasteiger partial charge < -0.3 is 15.8 Å². The standard InChI is InChI=1S/C20H35N3O2/c21-17-12-15-4-3-5-16(13-17)19(15)22-18(24)14-20(6-1-2-7-20)23-8-10-25-11-9-23/h15-17,19H,1-14,21H2,(H,22,24). The number of hydrogen-bond donors (Lipinski definition) is 2. The first kappa shape index (κ1) is 17.7. The maximum atomic E-state index is 13.0. The Hall–Kier alpha value is -0.650. The first-order valence-electron chi connectivity index (χ1n) is 10.5. The molecule has 4 rings (SSSR count). The van der Waals surface area contributed by atoms with Gasteiger partial charge in [-0.05, 0) is 50.4 Å². The largest absolute Gasteiger partial charge is 0.379 e. The topological polar surface area (TPSA) is 67.6 Å². The van der Waals surface area contributed by atoms with Gasteiger partial charge in [0.05, 0.1) is 13.2 Å². The van der Waals surface area contributed by atoms with E-state index in [1.165, 1.54) is 44.9 Å². The van der Waals surface area contributed by atoms with Crippen molar-refractivity contribution < 1.29 is 9.53 Å². The van der Waals surface area contributed by atoms with Crippen LogP contribution in [0.2, 0.25) is 0 Å². The lowest BCUT2D eigenvalue weighted by Gasteiger charge is -2.46. The quantitative estimate of drug-likeness (QED) is 0.815. The van der Waals surface area contributed by atoms with Crippen LogP contribution >= 0.6 is 0 Å². The summed E-state index contributed by atoms with van der Waals surface area (Å²) in [4.78, 5) is 15.6. The van der Waals surface area contributed by atoms with E-state index < -0.39 is 0 Å². The Labute approximate surface area is 152 Å². The Balaban J connectivity index is 1.40. The molecular weight excluding hydrogens is 314 g/mol. The van der Waals surface area contributed by atoms with Crippen LogP contribution in [-0.2, 0) is 9.53 Å². The number of amides is 1.